The van der Waals surface area contributed by atoms with Crippen LogP contribution in [0.15, 0.2) is 101 Å². The van der Waals surface area contributed by atoms with Gasteiger partial charge in [0.05, 0.1) is 11.9 Å². The van der Waals surface area contributed by atoms with Crippen LogP contribution in [0.3, 0.4) is 0 Å². The molecular formula is C23H19N3S. The van der Waals surface area contributed by atoms with Crippen molar-refractivity contribution in [2.24, 2.45) is 10.2 Å². The van der Waals surface area contributed by atoms with Crippen LogP contribution in [0.4, 0.5) is 0 Å². The summed E-state index contributed by atoms with van der Waals surface area (Å²) in [5.41, 5.74) is 5.60. The molecule has 1 aromatic heterocycles. The van der Waals surface area contributed by atoms with E-state index in [-0.39, 0.29) is 0 Å². The second-order valence-electron chi connectivity index (χ2n) is 6.20. The molecule has 0 atom stereocenters. The number of thiazole rings is 1. The van der Waals surface area contributed by atoms with Crippen LogP contribution in [-0.4, -0.2) is 10.8 Å². The van der Waals surface area contributed by atoms with Crippen LogP contribution < -0.4 is 4.80 Å². The van der Waals surface area contributed by atoms with Gasteiger partial charge in [0, 0.05) is 11.1 Å². The van der Waals surface area contributed by atoms with Crippen LogP contribution in [0, 0.1) is 6.92 Å². The van der Waals surface area contributed by atoms with E-state index in [4.69, 9.17) is 0 Å². The molecule has 132 valence electrons. The highest BCUT2D eigenvalue weighted by Gasteiger charge is 2.09. The molecule has 0 fully saturated rings. The molecule has 0 N–H and O–H groups in total. The van der Waals surface area contributed by atoms with Crippen LogP contribution in [0.2, 0.25) is 0 Å². The van der Waals surface area contributed by atoms with Crippen molar-refractivity contribution in [3.05, 3.63) is 106 Å². The zero-order chi connectivity index (χ0) is 18.5. The van der Waals surface area contributed by atoms with Crippen molar-refractivity contribution in [2.45, 2.75) is 6.92 Å². The fourth-order valence-corrected chi connectivity index (χ4v) is 3.68. The molecule has 0 radical (unpaired) electrons. The number of nitrogens with zero attached hydrogens (tertiary/aromatic N) is 3. The van der Waals surface area contributed by atoms with Gasteiger partial charge in [0.15, 0.2) is 0 Å². The SMILES string of the molecule is Cc1ccc(/C=N/N=c2/scc(-c3ccccc3)n2-c2ccccc2)cc1. The summed E-state index contributed by atoms with van der Waals surface area (Å²) < 4.78 is 2.15. The molecular weight excluding hydrogens is 350 g/mol. The van der Waals surface area contributed by atoms with Gasteiger partial charge in [-0.3, -0.25) is 4.57 Å². The topological polar surface area (TPSA) is 29.6 Å². The van der Waals surface area contributed by atoms with E-state index in [1.165, 1.54) is 5.56 Å². The summed E-state index contributed by atoms with van der Waals surface area (Å²) in [5.74, 6) is 0. The second-order valence-corrected chi connectivity index (χ2v) is 7.03. The van der Waals surface area contributed by atoms with E-state index in [2.05, 4.69) is 75.6 Å². The van der Waals surface area contributed by atoms with Crippen LogP contribution in [-0.2, 0) is 0 Å². The molecule has 0 saturated carbocycles. The third kappa shape index (κ3) is 3.96. The average molecular weight is 369 g/mol. The number of hydrogen-bond acceptors (Lipinski definition) is 3. The predicted octanol–water partition coefficient (Wildman–Crippen LogP) is 5.45. The van der Waals surface area contributed by atoms with Crippen molar-refractivity contribution in [3.8, 4) is 16.9 Å². The first-order valence-corrected chi connectivity index (χ1v) is 9.64. The minimum Gasteiger partial charge on any atom is -0.284 e. The van der Waals surface area contributed by atoms with E-state index in [0.29, 0.717) is 0 Å². The highest BCUT2D eigenvalue weighted by Crippen LogP contribution is 2.23. The summed E-state index contributed by atoms with van der Waals surface area (Å²) in [6.07, 6.45) is 1.79. The average Bonchev–Trinajstić information content (AvgIpc) is 3.15. The van der Waals surface area contributed by atoms with E-state index in [1.54, 1.807) is 17.6 Å². The third-order valence-electron chi connectivity index (χ3n) is 4.22. The maximum atomic E-state index is 4.50. The Morgan fingerprint density at radius 3 is 2.19 bits per heavy atom. The Balaban J connectivity index is 1.79. The highest BCUT2D eigenvalue weighted by molar-refractivity contribution is 7.07. The molecule has 0 spiro atoms. The van der Waals surface area contributed by atoms with Gasteiger partial charge in [-0.05, 0) is 30.2 Å². The zero-order valence-electron chi connectivity index (χ0n) is 15.0. The molecule has 4 rings (SSSR count). The van der Waals surface area contributed by atoms with E-state index in [9.17, 15) is 0 Å². The molecule has 0 aliphatic carbocycles. The van der Waals surface area contributed by atoms with Gasteiger partial charge in [-0.2, -0.15) is 5.10 Å². The fourth-order valence-electron chi connectivity index (χ4n) is 2.82. The van der Waals surface area contributed by atoms with Gasteiger partial charge in [-0.25, -0.2) is 0 Å². The Labute approximate surface area is 162 Å². The molecule has 0 unspecified atom stereocenters. The Morgan fingerprint density at radius 1 is 0.815 bits per heavy atom. The lowest BCUT2D eigenvalue weighted by Gasteiger charge is -2.08. The summed E-state index contributed by atoms with van der Waals surface area (Å²) in [7, 11) is 0. The number of rotatable bonds is 4. The Morgan fingerprint density at radius 2 is 1.48 bits per heavy atom. The van der Waals surface area contributed by atoms with Gasteiger partial charge in [0.2, 0.25) is 4.80 Å². The minimum atomic E-state index is 0.836. The number of para-hydroxylation sites is 1. The monoisotopic (exact) mass is 369 g/mol. The van der Waals surface area contributed by atoms with Crippen LogP contribution in [0.5, 0.6) is 0 Å². The molecule has 0 bridgehead atoms. The zero-order valence-corrected chi connectivity index (χ0v) is 15.8. The summed E-state index contributed by atoms with van der Waals surface area (Å²) in [6, 6.07) is 28.9. The molecule has 4 aromatic rings. The largest absolute Gasteiger partial charge is 0.284 e. The Kier molecular flexibility index (Phi) is 5.08. The first-order valence-electron chi connectivity index (χ1n) is 8.76. The summed E-state index contributed by atoms with van der Waals surface area (Å²) in [6.45, 7) is 2.07. The van der Waals surface area contributed by atoms with Gasteiger partial charge in [0.1, 0.15) is 0 Å². The highest BCUT2D eigenvalue weighted by atomic mass is 32.1. The minimum absolute atomic E-state index is 0.836. The smallest absolute Gasteiger partial charge is 0.215 e. The Bertz CT molecular complexity index is 1110. The predicted molar refractivity (Wildman–Crippen MR) is 113 cm³/mol. The third-order valence-corrected chi connectivity index (χ3v) is 5.04. The van der Waals surface area contributed by atoms with Gasteiger partial charge in [-0.1, -0.05) is 78.4 Å². The quantitative estimate of drug-likeness (QED) is 0.338. The molecule has 1 heterocycles. The van der Waals surface area contributed by atoms with Crippen molar-refractivity contribution in [1.29, 1.82) is 0 Å². The van der Waals surface area contributed by atoms with Crippen LogP contribution in [0.25, 0.3) is 16.9 Å². The van der Waals surface area contributed by atoms with Crippen molar-refractivity contribution in [3.63, 3.8) is 0 Å². The molecule has 3 aromatic carbocycles. The number of aryl methyl sites for hydroxylation is 1. The molecule has 4 heteroatoms. The Hall–Kier alpha value is -3.24. The lowest BCUT2D eigenvalue weighted by molar-refractivity contribution is 0.973. The van der Waals surface area contributed by atoms with Gasteiger partial charge in [0.25, 0.3) is 0 Å². The standard InChI is InChI=1S/C23H19N3S/c1-18-12-14-19(15-13-18)16-24-25-23-26(21-10-6-3-7-11-21)22(17-27-23)20-8-4-2-5-9-20/h2-17H,1H3/b24-16+,25-23+. The maximum Gasteiger partial charge on any atom is 0.215 e. The van der Waals surface area contributed by atoms with Gasteiger partial charge >= 0.3 is 0 Å². The molecule has 3 nitrogen and oxygen atoms in total. The van der Waals surface area contributed by atoms with Crippen LogP contribution in [0.1, 0.15) is 11.1 Å². The van der Waals surface area contributed by atoms with Crippen molar-refractivity contribution < 1.29 is 0 Å². The van der Waals surface area contributed by atoms with E-state index in [0.717, 1.165) is 27.3 Å². The molecule has 0 amide bonds. The molecule has 0 aliphatic rings. The fraction of sp³-hybridized carbons (Fsp3) is 0.0435. The van der Waals surface area contributed by atoms with Crippen LogP contribution >= 0.6 is 11.3 Å². The van der Waals surface area contributed by atoms with Crippen molar-refractivity contribution in [1.82, 2.24) is 4.57 Å². The molecule has 0 aliphatic heterocycles. The lowest BCUT2D eigenvalue weighted by Crippen LogP contribution is -2.13. The van der Waals surface area contributed by atoms with E-state index in [1.807, 2.05) is 36.4 Å². The first-order chi connectivity index (χ1) is 13.3. The van der Waals surface area contributed by atoms with Crippen molar-refractivity contribution in [2.75, 3.05) is 0 Å². The van der Waals surface area contributed by atoms with Gasteiger partial charge < -0.3 is 0 Å². The number of benzene rings is 3. The summed E-state index contributed by atoms with van der Waals surface area (Å²) in [4.78, 5) is 0.836. The summed E-state index contributed by atoms with van der Waals surface area (Å²) in [5, 5.41) is 10.9. The second kappa shape index (κ2) is 7.98. The molecule has 0 saturated heterocycles. The molecule has 27 heavy (non-hydrogen) atoms. The normalized spacial score (nSPS) is 12.0. The maximum absolute atomic E-state index is 4.50. The number of aromatic nitrogens is 1. The summed E-state index contributed by atoms with van der Waals surface area (Å²) >= 11 is 1.59. The number of hydrogen-bond donors (Lipinski definition) is 0. The first kappa shape index (κ1) is 17.2. The lowest BCUT2D eigenvalue weighted by atomic mass is 10.1. The van der Waals surface area contributed by atoms with Gasteiger partial charge in [-0.15, -0.1) is 16.4 Å². The van der Waals surface area contributed by atoms with E-state index < -0.39 is 0 Å². The van der Waals surface area contributed by atoms with Crippen molar-refractivity contribution >= 4 is 17.6 Å². The van der Waals surface area contributed by atoms with E-state index >= 15 is 0 Å².